The van der Waals surface area contributed by atoms with E-state index in [-0.39, 0.29) is 12.2 Å². The van der Waals surface area contributed by atoms with E-state index in [1.807, 2.05) is 0 Å². The summed E-state index contributed by atoms with van der Waals surface area (Å²) in [7, 11) is 1.42. The van der Waals surface area contributed by atoms with Crippen molar-refractivity contribution < 1.29 is 23.2 Å². The predicted molar refractivity (Wildman–Crippen MR) is 72.7 cm³/mol. The summed E-state index contributed by atoms with van der Waals surface area (Å²) >= 11 is 5.57. The highest BCUT2D eigenvalue weighted by Gasteiger charge is 2.36. The fourth-order valence-corrected chi connectivity index (χ4v) is 2.15. The van der Waals surface area contributed by atoms with E-state index in [2.05, 4.69) is 0 Å². The first-order valence-corrected chi connectivity index (χ1v) is 6.19. The molecule has 0 unspecified atom stereocenters. The summed E-state index contributed by atoms with van der Waals surface area (Å²) in [5.41, 5.74) is -3.27. The van der Waals surface area contributed by atoms with Crippen LogP contribution in [0.3, 0.4) is 0 Å². The largest absolute Gasteiger partial charge is 0.418 e. The van der Waals surface area contributed by atoms with Gasteiger partial charge in [-0.05, 0) is 19.9 Å². The van der Waals surface area contributed by atoms with E-state index in [0.717, 1.165) is 6.07 Å². The van der Waals surface area contributed by atoms with Gasteiger partial charge in [-0.1, -0.05) is 11.6 Å². The zero-order valence-electron chi connectivity index (χ0n) is 11.5. The Morgan fingerprint density at radius 3 is 2.29 bits per heavy atom. The first kappa shape index (κ1) is 17.5. The summed E-state index contributed by atoms with van der Waals surface area (Å²) in [5.74, 6) is 0. The first-order valence-electron chi connectivity index (χ1n) is 5.81. The molecule has 0 heterocycles. The second kappa shape index (κ2) is 5.69. The molecule has 0 amide bonds. The maximum Gasteiger partial charge on any atom is 0.418 e. The van der Waals surface area contributed by atoms with Gasteiger partial charge in [-0.15, -0.1) is 0 Å². The lowest BCUT2D eigenvalue weighted by atomic mass is 10.1. The summed E-state index contributed by atoms with van der Waals surface area (Å²) in [6.07, 6.45) is -4.78. The standard InChI is InChI=1S/C12H14ClF3N2O3/c1-11(2,19)6-17(3)9-5-8(13)7(12(14,15)16)4-10(9)18(20)21/h4-5,19H,6H2,1-3H3. The smallest absolute Gasteiger partial charge is 0.389 e. The Morgan fingerprint density at radius 2 is 1.90 bits per heavy atom. The quantitative estimate of drug-likeness (QED) is 0.679. The van der Waals surface area contributed by atoms with Gasteiger partial charge in [0, 0.05) is 19.7 Å². The Labute approximate surface area is 124 Å². The average molecular weight is 327 g/mol. The van der Waals surface area contributed by atoms with Gasteiger partial charge in [0.2, 0.25) is 0 Å². The molecule has 0 bridgehead atoms. The molecule has 0 aliphatic rings. The number of likely N-dealkylation sites (N-methyl/N-ethyl adjacent to an activating group) is 1. The van der Waals surface area contributed by atoms with Crippen molar-refractivity contribution in [2.24, 2.45) is 0 Å². The number of aliphatic hydroxyl groups is 1. The zero-order chi connectivity index (χ0) is 16.6. The molecule has 0 radical (unpaired) electrons. The minimum atomic E-state index is -4.78. The molecule has 0 aromatic heterocycles. The Morgan fingerprint density at radius 1 is 1.38 bits per heavy atom. The molecule has 21 heavy (non-hydrogen) atoms. The third kappa shape index (κ3) is 4.47. The molecule has 0 aliphatic carbocycles. The molecule has 1 N–H and O–H groups in total. The van der Waals surface area contributed by atoms with E-state index in [4.69, 9.17) is 11.6 Å². The van der Waals surface area contributed by atoms with Crippen LogP contribution in [-0.4, -0.2) is 29.2 Å². The van der Waals surface area contributed by atoms with Crippen LogP contribution in [0, 0.1) is 10.1 Å². The van der Waals surface area contributed by atoms with Gasteiger partial charge in [0.25, 0.3) is 5.69 Å². The van der Waals surface area contributed by atoms with Crippen LogP contribution < -0.4 is 4.90 Å². The summed E-state index contributed by atoms with van der Waals surface area (Å²) in [4.78, 5) is 11.4. The lowest BCUT2D eigenvalue weighted by Crippen LogP contribution is -2.36. The fourth-order valence-electron chi connectivity index (χ4n) is 1.89. The molecule has 1 rings (SSSR count). The molecular formula is C12H14ClF3N2O3. The molecule has 0 fully saturated rings. The number of rotatable bonds is 4. The van der Waals surface area contributed by atoms with Crippen LogP contribution in [-0.2, 0) is 6.18 Å². The van der Waals surface area contributed by atoms with E-state index < -0.39 is 33.0 Å². The van der Waals surface area contributed by atoms with Crippen LogP contribution in [0.4, 0.5) is 24.5 Å². The normalized spacial score (nSPS) is 12.4. The number of halogens is 4. The van der Waals surface area contributed by atoms with E-state index in [1.165, 1.54) is 25.8 Å². The second-order valence-corrected chi connectivity index (χ2v) is 5.65. The van der Waals surface area contributed by atoms with E-state index in [0.29, 0.717) is 6.07 Å². The van der Waals surface area contributed by atoms with E-state index in [9.17, 15) is 28.4 Å². The molecule has 5 nitrogen and oxygen atoms in total. The minimum absolute atomic E-state index is 0.0183. The molecule has 0 saturated heterocycles. The van der Waals surface area contributed by atoms with Crippen molar-refractivity contribution in [3.63, 3.8) is 0 Å². The molecule has 118 valence electrons. The minimum Gasteiger partial charge on any atom is -0.389 e. The van der Waals surface area contributed by atoms with Gasteiger partial charge in [0.15, 0.2) is 0 Å². The van der Waals surface area contributed by atoms with Gasteiger partial charge in [-0.25, -0.2) is 0 Å². The van der Waals surface area contributed by atoms with E-state index in [1.54, 1.807) is 0 Å². The van der Waals surface area contributed by atoms with Gasteiger partial charge in [0.1, 0.15) is 5.69 Å². The van der Waals surface area contributed by atoms with Crippen molar-refractivity contribution in [3.8, 4) is 0 Å². The monoisotopic (exact) mass is 326 g/mol. The van der Waals surface area contributed by atoms with E-state index >= 15 is 0 Å². The number of hydrogen-bond donors (Lipinski definition) is 1. The molecule has 9 heteroatoms. The maximum absolute atomic E-state index is 12.7. The van der Waals surface area contributed by atoms with Crippen LogP contribution in [0.5, 0.6) is 0 Å². The van der Waals surface area contributed by atoms with Gasteiger partial charge in [0.05, 0.1) is 21.1 Å². The number of hydrogen-bond acceptors (Lipinski definition) is 4. The highest BCUT2D eigenvalue weighted by Crippen LogP contribution is 2.41. The van der Waals surface area contributed by atoms with Crippen LogP contribution in [0.25, 0.3) is 0 Å². The number of anilines is 1. The number of nitrogens with zero attached hydrogens (tertiary/aromatic N) is 2. The fraction of sp³-hybridized carbons (Fsp3) is 0.500. The topological polar surface area (TPSA) is 66.6 Å². The third-order valence-corrected chi connectivity index (χ3v) is 2.91. The highest BCUT2D eigenvalue weighted by molar-refractivity contribution is 6.31. The highest BCUT2D eigenvalue weighted by atomic mass is 35.5. The van der Waals surface area contributed by atoms with Crippen molar-refractivity contribution >= 4 is 23.0 Å². The zero-order valence-corrected chi connectivity index (χ0v) is 12.3. The summed E-state index contributed by atoms with van der Waals surface area (Å²) in [5, 5.41) is 20.1. The molecule has 1 aromatic rings. The number of nitro groups is 1. The number of benzene rings is 1. The predicted octanol–water partition coefficient (Wildman–Crippen LogP) is 3.47. The third-order valence-electron chi connectivity index (χ3n) is 2.60. The van der Waals surface area contributed by atoms with Crippen molar-refractivity contribution in [1.29, 1.82) is 0 Å². The first-order chi connectivity index (χ1) is 9.33. The van der Waals surface area contributed by atoms with Gasteiger partial charge < -0.3 is 10.0 Å². The Kier molecular flexibility index (Phi) is 4.74. The Hall–Kier alpha value is -1.54. The number of alkyl halides is 3. The summed E-state index contributed by atoms with van der Waals surface area (Å²) < 4.78 is 38.2. The van der Waals surface area contributed by atoms with Crippen LogP contribution in [0.2, 0.25) is 5.02 Å². The molecule has 0 atom stereocenters. The van der Waals surface area contributed by atoms with Gasteiger partial charge in [-0.3, -0.25) is 10.1 Å². The molecule has 1 aromatic carbocycles. The molecule has 0 spiro atoms. The summed E-state index contributed by atoms with van der Waals surface area (Å²) in [6, 6.07) is 1.28. The molecule has 0 saturated carbocycles. The lowest BCUT2D eigenvalue weighted by Gasteiger charge is -2.27. The van der Waals surface area contributed by atoms with Crippen molar-refractivity contribution in [2.45, 2.75) is 25.6 Å². The van der Waals surface area contributed by atoms with Gasteiger partial charge in [-0.2, -0.15) is 13.2 Å². The molecular weight excluding hydrogens is 313 g/mol. The van der Waals surface area contributed by atoms with Crippen LogP contribution >= 0.6 is 11.6 Å². The number of nitro benzene ring substituents is 1. The van der Waals surface area contributed by atoms with Crippen molar-refractivity contribution in [3.05, 3.63) is 32.8 Å². The maximum atomic E-state index is 12.7. The Balaban J connectivity index is 3.40. The lowest BCUT2D eigenvalue weighted by molar-refractivity contribution is -0.384. The molecule has 0 aliphatic heterocycles. The van der Waals surface area contributed by atoms with Crippen LogP contribution in [0.1, 0.15) is 19.4 Å². The van der Waals surface area contributed by atoms with Crippen molar-refractivity contribution in [1.82, 2.24) is 0 Å². The Bertz CT molecular complexity index is 556. The average Bonchev–Trinajstić information content (AvgIpc) is 2.23. The SMILES string of the molecule is CN(CC(C)(C)O)c1cc(Cl)c(C(F)(F)F)cc1[N+](=O)[O-]. The second-order valence-electron chi connectivity index (χ2n) is 5.24. The van der Waals surface area contributed by atoms with Crippen molar-refractivity contribution in [2.75, 3.05) is 18.5 Å². The van der Waals surface area contributed by atoms with Gasteiger partial charge >= 0.3 is 6.18 Å². The summed E-state index contributed by atoms with van der Waals surface area (Å²) in [6.45, 7) is 2.93. The van der Waals surface area contributed by atoms with Crippen LogP contribution in [0.15, 0.2) is 12.1 Å².